The Kier molecular flexibility index (Phi) is 7.57. The van der Waals surface area contributed by atoms with Gasteiger partial charge in [-0.3, -0.25) is 9.69 Å². The van der Waals surface area contributed by atoms with Gasteiger partial charge in [-0.15, -0.1) is 0 Å². The lowest BCUT2D eigenvalue weighted by Crippen LogP contribution is -2.43. The fraction of sp³-hybridized carbons (Fsp3) is 0.381. The summed E-state index contributed by atoms with van der Waals surface area (Å²) in [6, 6.07) is 12.7. The lowest BCUT2D eigenvalue weighted by Gasteiger charge is -2.30. The number of morpholine rings is 1. The highest BCUT2D eigenvalue weighted by molar-refractivity contribution is 6.42. The van der Waals surface area contributed by atoms with Crippen molar-refractivity contribution in [1.82, 2.24) is 9.80 Å². The number of carbonyl (C=O) groups excluding carboxylic acids is 1. The number of para-hydroxylation sites is 1. The van der Waals surface area contributed by atoms with E-state index in [1.807, 2.05) is 29.2 Å². The fourth-order valence-electron chi connectivity index (χ4n) is 3.19. The molecule has 0 aliphatic carbocycles. The van der Waals surface area contributed by atoms with Crippen LogP contribution in [0.25, 0.3) is 0 Å². The maximum atomic E-state index is 13.2. The van der Waals surface area contributed by atoms with Gasteiger partial charge in [0, 0.05) is 43.9 Å². The van der Waals surface area contributed by atoms with Crippen LogP contribution in [0.15, 0.2) is 42.5 Å². The van der Waals surface area contributed by atoms with Crippen molar-refractivity contribution in [2.75, 3.05) is 46.5 Å². The lowest BCUT2D eigenvalue weighted by molar-refractivity contribution is 0.0320. The van der Waals surface area contributed by atoms with E-state index in [1.54, 1.807) is 25.3 Å². The number of halogens is 2. The first-order valence-corrected chi connectivity index (χ1v) is 10.0. The van der Waals surface area contributed by atoms with E-state index in [-0.39, 0.29) is 5.91 Å². The summed E-state index contributed by atoms with van der Waals surface area (Å²) in [6.07, 6.45) is 0. The summed E-state index contributed by atoms with van der Waals surface area (Å²) >= 11 is 12.1. The van der Waals surface area contributed by atoms with Crippen LogP contribution in [-0.2, 0) is 11.3 Å². The maximum absolute atomic E-state index is 13.2. The van der Waals surface area contributed by atoms with Crippen LogP contribution in [0.4, 0.5) is 0 Å². The quantitative estimate of drug-likeness (QED) is 0.676. The lowest BCUT2D eigenvalue weighted by atomic mass is 10.1. The first-order chi connectivity index (χ1) is 13.6. The minimum Gasteiger partial charge on any atom is -0.496 e. The van der Waals surface area contributed by atoms with E-state index in [0.29, 0.717) is 28.7 Å². The third-order valence-corrected chi connectivity index (χ3v) is 5.54. The Balaban J connectivity index is 1.79. The first kappa shape index (κ1) is 20.9. The molecular formula is C21H24Cl2N2O3. The number of benzene rings is 2. The van der Waals surface area contributed by atoms with Gasteiger partial charge in [-0.05, 0) is 24.3 Å². The zero-order valence-electron chi connectivity index (χ0n) is 15.9. The Bertz CT molecular complexity index is 810. The van der Waals surface area contributed by atoms with Crippen LogP contribution in [-0.4, -0.2) is 62.2 Å². The van der Waals surface area contributed by atoms with Gasteiger partial charge in [-0.25, -0.2) is 0 Å². The summed E-state index contributed by atoms with van der Waals surface area (Å²) in [5.74, 6) is 0.679. The molecule has 2 aromatic carbocycles. The summed E-state index contributed by atoms with van der Waals surface area (Å²) in [7, 11) is 1.64. The second kappa shape index (κ2) is 10.1. The van der Waals surface area contributed by atoms with Crippen LogP contribution in [0.5, 0.6) is 5.75 Å². The van der Waals surface area contributed by atoms with Crippen molar-refractivity contribution in [3.8, 4) is 5.75 Å². The SMILES string of the molecule is COc1ccccc1CN(CCN1CCOCC1)C(=O)c1ccc(Cl)c(Cl)c1. The predicted molar refractivity (Wildman–Crippen MR) is 111 cm³/mol. The smallest absolute Gasteiger partial charge is 0.254 e. The minimum absolute atomic E-state index is 0.0854. The molecule has 150 valence electrons. The summed E-state index contributed by atoms with van der Waals surface area (Å²) < 4.78 is 10.9. The van der Waals surface area contributed by atoms with Gasteiger partial charge in [-0.1, -0.05) is 41.4 Å². The van der Waals surface area contributed by atoms with Crippen molar-refractivity contribution in [2.45, 2.75) is 6.54 Å². The Hall–Kier alpha value is -1.79. The summed E-state index contributed by atoms with van der Waals surface area (Å²) in [4.78, 5) is 17.4. The molecule has 1 aliphatic rings. The molecule has 7 heteroatoms. The molecule has 5 nitrogen and oxygen atoms in total. The third-order valence-electron chi connectivity index (χ3n) is 4.80. The molecule has 0 radical (unpaired) electrons. The number of amides is 1. The van der Waals surface area contributed by atoms with Gasteiger partial charge in [0.05, 0.1) is 30.4 Å². The molecule has 1 amide bonds. The Labute approximate surface area is 175 Å². The number of rotatable bonds is 7. The Morgan fingerprint density at radius 3 is 2.61 bits per heavy atom. The summed E-state index contributed by atoms with van der Waals surface area (Å²) in [5, 5.41) is 0.806. The van der Waals surface area contributed by atoms with Crippen molar-refractivity contribution in [1.29, 1.82) is 0 Å². The molecule has 1 heterocycles. The second-order valence-corrected chi connectivity index (χ2v) is 7.44. The highest BCUT2D eigenvalue weighted by Gasteiger charge is 2.20. The van der Waals surface area contributed by atoms with E-state index in [1.165, 1.54) is 0 Å². The largest absolute Gasteiger partial charge is 0.496 e. The Morgan fingerprint density at radius 2 is 1.89 bits per heavy atom. The van der Waals surface area contributed by atoms with E-state index < -0.39 is 0 Å². The topological polar surface area (TPSA) is 42.0 Å². The van der Waals surface area contributed by atoms with Gasteiger partial charge in [0.25, 0.3) is 5.91 Å². The second-order valence-electron chi connectivity index (χ2n) is 6.62. The van der Waals surface area contributed by atoms with Crippen LogP contribution < -0.4 is 4.74 Å². The molecule has 1 saturated heterocycles. The van der Waals surface area contributed by atoms with E-state index in [4.69, 9.17) is 32.7 Å². The number of carbonyl (C=O) groups is 1. The van der Waals surface area contributed by atoms with Gasteiger partial charge < -0.3 is 14.4 Å². The standard InChI is InChI=1S/C21H24Cl2N2O3/c1-27-20-5-3-2-4-17(20)15-25(9-8-24-10-12-28-13-11-24)21(26)16-6-7-18(22)19(23)14-16/h2-7,14H,8-13,15H2,1H3. The van der Waals surface area contributed by atoms with Gasteiger partial charge in [-0.2, -0.15) is 0 Å². The number of hydrogen-bond donors (Lipinski definition) is 0. The molecule has 0 N–H and O–H groups in total. The molecule has 0 spiro atoms. The zero-order valence-corrected chi connectivity index (χ0v) is 17.4. The van der Waals surface area contributed by atoms with Crippen LogP contribution >= 0.6 is 23.2 Å². The van der Waals surface area contributed by atoms with Crippen molar-refractivity contribution in [2.24, 2.45) is 0 Å². The highest BCUT2D eigenvalue weighted by Crippen LogP contribution is 2.25. The monoisotopic (exact) mass is 422 g/mol. The molecule has 0 aromatic heterocycles. The molecule has 0 unspecified atom stereocenters. The average Bonchev–Trinajstić information content (AvgIpc) is 2.73. The van der Waals surface area contributed by atoms with Crippen molar-refractivity contribution in [3.63, 3.8) is 0 Å². The first-order valence-electron chi connectivity index (χ1n) is 9.25. The third kappa shape index (κ3) is 5.39. The normalized spacial score (nSPS) is 14.7. The molecule has 0 saturated carbocycles. The van der Waals surface area contributed by atoms with Gasteiger partial charge >= 0.3 is 0 Å². The molecule has 28 heavy (non-hydrogen) atoms. The van der Waals surface area contributed by atoms with E-state index in [9.17, 15) is 4.79 Å². The van der Waals surface area contributed by atoms with Crippen LogP contribution in [0, 0.1) is 0 Å². The number of hydrogen-bond acceptors (Lipinski definition) is 4. The van der Waals surface area contributed by atoms with E-state index in [2.05, 4.69) is 4.90 Å². The van der Waals surface area contributed by atoms with Crippen molar-refractivity contribution >= 4 is 29.1 Å². The van der Waals surface area contributed by atoms with Crippen LogP contribution in [0.3, 0.4) is 0 Å². The Morgan fingerprint density at radius 1 is 1.14 bits per heavy atom. The fourth-order valence-corrected chi connectivity index (χ4v) is 3.49. The van der Waals surface area contributed by atoms with Crippen molar-refractivity contribution in [3.05, 3.63) is 63.6 Å². The van der Waals surface area contributed by atoms with Crippen molar-refractivity contribution < 1.29 is 14.3 Å². The molecule has 0 bridgehead atoms. The number of ether oxygens (including phenoxy) is 2. The molecule has 3 rings (SSSR count). The predicted octanol–water partition coefficient (Wildman–Crippen LogP) is 3.98. The molecule has 1 aliphatic heterocycles. The number of nitrogens with zero attached hydrogens (tertiary/aromatic N) is 2. The molecule has 0 atom stereocenters. The highest BCUT2D eigenvalue weighted by atomic mass is 35.5. The van der Waals surface area contributed by atoms with E-state index >= 15 is 0 Å². The van der Waals surface area contributed by atoms with Gasteiger partial charge in [0.15, 0.2) is 0 Å². The van der Waals surface area contributed by atoms with Crippen LogP contribution in [0.1, 0.15) is 15.9 Å². The average molecular weight is 423 g/mol. The van der Waals surface area contributed by atoms with Crippen LogP contribution in [0.2, 0.25) is 10.0 Å². The maximum Gasteiger partial charge on any atom is 0.254 e. The number of methoxy groups -OCH3 is 1. The molecular weight excluding hydrogens is 399 g/mol. The molecule has 2 aromatic rings. The zero-order chi connectivity index (χ0) is 19.9. The van der Waals surface area contributed by atoms with Gasteiger partial charge in [0.2, 0.25) is 0 Å². The minimum atomic E-state index is -0.0854. The summed E-state index contributed by atoms with van der Waals surface area (Å²) in [6.45, 7) is 5.05. The van der Waals surface area contributed by atoms with E-state index in [0.717, 1.165) is 44.2 Å². The van der Waals surface area contributed by atoms with Gasteiger partial charge in [0.1, 0.15) is 5.75 Å². The summed E-state index contributed by atoms with van der Waals surface area (Å²) in [5.41, 5.74) is 1.48. The molecule has 1 fully saturated rings.